The third kappa shape index (κ3) is 1.58. The van der Waals surface area contributed by atoms with Gasteiger partial charge in [0.2, 0.25) is 0 Å². The highest BCUT2D eigenvalue weighted by molar-refractivity contribution is 8.26. The second kappa shape index (κ2) is 3.61. The molecule has 80 valence electrons. The molecule has 3 N–H and O–H groups in total. The third-order valence-corrected chi connectivity index (χ3v) is 4.31. The van der Waals surface area contributed by atoms with Crippen LogP contribution in [0.15, 0.2) is 29.5 Å². The van der Waals surface area contributed by atoms with Gasteiger partial charge in [-0.3, -0.25) is 9.98 Å². The summed E-state index contributed by atoms with van der Waals surface area (Å²) in [5.74, 6) is 0. The van der Waals surface area contributed by atoms with Gasteiger partial charge in [-0.2, -0.15) is 0 Å². The van der Waals surface area contributed by atoms with Crippen LogP contribution in [0, 0.1) is 0 Å². The fourth-order valence-electron chi connectivity index (χ4n) is 2.10. The van der Waals surface area contributed by atoms with Crippen molar-refractivity contribution < 1.29 is 0 Å². The van der Waals surface area contributed by atoms with Crippen LogP contribution in [0.4, 0.5) is 0 Å². The molecule has 2 aliphatic heterocycles. The molecule has 3 rings (SSSR count). The fraction of sp³-hybridized carbons (Fsp3) is 0.455. The largest absolute Gasteiger partial charge is 0.344 e. The normalized spacial score (nSPS) is 30.7. The number of pyridine rings is 1. The summed E-state index contributed by atoms with van der Waals surface area (Å²) in [5.41, 5.74) is 1.58. The van der Waals surface area contributed by atoms with E-state index in [0.717, 1.165) is 18.1 Å². The van der Waals surface area contributed by atoms with Gasteiger partial charge in [0, 0.05) is 12.4 Å². The van der Waals surface area contributed by atoms with Gasteiger partial charge >= 0.3 is 0 Å². The molecule has 2 unspecified atom stereocenters. The van der Waals surface area contributed by atoms with Crippen LogP contribution < -0.4 is 6.15 Å². The lowest BCUT2D eigenvalue weighted by atomic mass is 9.83. The first-order valence-electron chi connectivity index (χ1n) is 4.99. The van der Waals surface area contributed by atoms with E-state index in [2.05, 4.69) is 24.0 Å². The van der Waals surface area contributed by atoms with E-state index in [1.807, 2.05) is 24.2 Å². The van der Waals surface area contributed by atoms with Crippen molar-refractivity contribution in [2.24, 2.45) is 4.99 Å². The average Bonchev–Trinajstić information content (AvgIpc) is 2.89. The van der Waals surface area contributed by atoms with Crippen molar-refractivity contribution in [3.05, 3.63) is 30.1 Å². The summed E-state index contributed by atoms with van der Waals surface area (Å²) in [6.45, 7) is 2.24. The molecule has 0 amide bonds. The minimum Gasteiger partial charge on any atom is -0.344 e. The van der Waals surface area contributed by atoms with Crippen LogP contribution in [0.2, 0.25) is 0 Å². The van der Waals surface area contributed by atoms with Crippen LogP contribution in [-0.4, -0.2) is 20.8 Å². The molecule has 3 heterocycles. The van der Waals surface area contributed by atoms with Gasteiger partial charge < -0.3 is 6.15 Å². The van der Waals surface area contributed by atoms with Crippen LogP contribution in [-0.2, 0) is 6.42 Å². The molecule has 3 nitrogen and oxygen atoms in total. The molecule has 0 radical (unpaired) electrons. The molecule has 1 saturated heterocycles. The van der Waals surface area contributed by atoms with E-state index in [-0.39, 0.29) is 11.7 Å². The van der Waals surface area contributed by atoms with Crippen molar-refractivity contribution in [1.82, 2.24) is 11.1 Å². The highest BCUT2D eigenvalue weighted by Crippen LogP contribution is 2.56. The Morgan fingerprint density at radius 2 is 2.13 bits per heavy atom. The summed E-state index contributed by atoms with van der Waals surface area (Å²) in [6.07, 6.45) is 5.95. The molecule has 1 aromatic rings. The predicted octanol–water partition coefficient (Wildman–Crippen LogP) is 2.46. The quantitative estimate of drug-likeness (QED) is 0.797. The number of fused-ring (bicyclic) bond motifs is 1. The lowest BCUT2D eigenvalue weighted by Crippen LogP contribution is -2.41. The highest BCUT2D eigenvalue weighted by Gasteiger charge is 2.59. The zero-order valence-corrected chi connectivity index (χ0v) is 9.63. The number of hydrogen-bond acceptors (Lipinski definition) is 4. The van der Waals surface area contributed by atoms with Gasteiger partial charge in [0.1, 0.15) is 0 Å². The standard InChI is InChI=1S/C11H12N2S.H3N/c1-2-11(9-10(13-11)14-9)7-8-3-5-12-6-4-8;/h3-6,9H,2,7H2,1H3;1H3. The Bertz CT molecular complexity index is 390. The van der Waals surface area contributed by atoms with Crippen molar-refractivity contribution in [2.45, 2.75) is 30.6 Å². The minimum absolute atomic E-state index is 0. The zero-order chi connectivity index (χ0) is 9.60. The van der Waals surface area contributed by atoms with Gasteiger partial charge in [0.15, 0.2) is 0 Å². The van der Waals surface area contributed by atoms with Crippen molar-refractivity contribution >= 4 is 16.8 Å². The molecule has 2 atom stereocenters. The van der Waals surface area contributed by atoms with Gasteiger partial charge in [0.05, 0.1) is 15.8 Å². The van der Waals surface area contributed by atoms with E-state index in [1.54, 1.807) is 0 Å². The maximum absolute atomic E-state index is 4.70. The summed E-state index contributed by atoms with van der Waals surface area (Å²) in [4.78, 5) is 8.73. The topological polar surface area (TPSA) is 60.2 Å². The maximum atomic E-state index is 4.70. The molecular weight excluding hydrogens is 206 g/mol. The van der Waals surface area contributed by atoms with Crippen molar-refractivity contribution in [3.63, 3.8) is 0 Å². The minimum atomic E-state index is 0. The Kier molecular flexibility index (Phi) is 2.56. The van der Waals surface area contributed by atoms with Gasteiger partial charge in [-0.25, -0.2) is 0 Å². The SMILES string of the molecule is CCC1(Cc2ccncc2)N=C2SC21.N. The number of nitrogens with zero attached hydrogens (tertiary/aromatic N) is 2. The molecular formula is C11H15N3S. The smallest absolute Gasteiger partial charge is 0.0850 e. The molecule has 4 heteroatoms. The van der Waals surface area contributed by atoms with E-state index in [0.29, 0.717) is 0 Å². The first kappa shape index (κ1) is 10.6. The average molecular weight is 221 g/mol. The monoisotopic (exact) mass is 221 g/mol. The molecule has 2 aliphatic rings. The number of aliphatic imine (C=N–C) groups is 1. The van der Waals surface area contributed by atoms with E-state index >= 15 is 0 Å². The van der Waals surface area contributed by atoms with Crippen LogP contribution >= 0.6 is 11.8 Å². The molecule has 0 saturated carbocycles. The Labute approximate surface area is 94.0 Å². The van der Waals surface area contributed by atoms with Crippen LogP contribution in [0.25, 0.3) is 0 Å². The van der Waals surface area contributed by atoms with Gasteiger partial charge in [0.25, 0.3) is 0 Å². The Hall–Kier alpha value is -0.870. The first-order valence-corrected chi connectivity index (χ1v) is 5.87. The number of hydrogen-bond donors (Lipinski definition) is 1. The van der Waals surface area contributed by atoms with Crippen LogP contribution in [0.3, 0.4) is 0 Å². The molecule has 0 spiro atoms. The lowest BCUT2D eigenvalue weighted by Gasteiger charge is -2.31. The second-order valence-corrected chi connectivity index (χ2v) is 5.06. The zero-order valence-electron chi connectivity index (χ0n) is 8.81. The summed E-state index contributed by atoms with van der Waals surface area (Å²) >= 11 is 1.94. The summed E-state index contributed by atoms with van der Waals surface area (Å²) in [6, 6.07) is 4.19. The van der Waals surface area contributed by atoms with Gasteiger partial charge in [-0.15, -0.1) is 0 Å². The summed E-state index contributed by atoms with van der Waals surface area (Å²) < 4.78 is 0. The van der Waals surface area contributed by atoms with Crippen molar-refractivity contribution in [3.8, 4) is 0 Å². The van der Waals surface area contributed by atoms with Crippen LogP contribution in [0.5, 0.6) is 0 Å². The molecule has 1 aromatic heterocycles. The predicted molar refractivity (Wildman–Crippen MR) is 64.8 cm³/mol. The van der Waals surface area contributed by atoms with Crippen LogP contribution in [0.1, 0.15) is 18.9 Å². The second-order valence-electron chi connectivity index (χ2n) is 3.94. The van der Waals surface area contributed by atoms with E-state index in [9.17, 15) is 0 Å². The number of thioether (sulfide) groups is 1. The van der Waals surface area contributed by atoms with Crippen molar-refractivity contribution in [1.29, 1.82) is 0 Å². The Balaban J connectivity index is 0.000000853. The van der Waals surface area contributed by atoms with Gasteiger partial charge in [-0.1, -0.05) is 18.7 Å². The van der Waals surface area contributed by atoms with Crippen molar-refractivity contribution in [2.75, 3.05) is 0 Å². The molecule has 1 fully saturated rings. The Morgan fingerprint density at radius 3 is 2.60 bits per heavy atom. The third-order valence-electron chi connectivity index (χ3n) is 3.10. The van der Waals surface area contributed by atoms with E-state index in [1.165, 1.54) is 10.6 Å². The molecule has 0 aromatic carbocycles. The number of aromatic nitrogens is 1. The molecule has 0 aliphatic carbocycles. The first-order chi connectivity index (χ1) is 6.84. The van der Waals surface area contributed by atoms with E-state index < -0.39 is 0 Å². The Morgan fingerprint density at radius 1 is 1.40 bits per heavy atom. The summed E-state index contributed by atoms with van der Waals surface area (Å²) in [5, 5.41) is 2.11. The summed E-state index contributed by atoms with van der Waals surface area (Å²) in [7, 11) is 0. The molecule has 15 heavy (non-hydrogen) atoms. The fourth-order valence-corrected chi connectivity index (χ4v) is 3.30. The van der Waals surface area contributed by atoms with Gasteiger partial charge in [-0.05, 0) is 30.5 Å². The highest BCUT2D eigenvalue weighted by atomic mass is 32.2. The number of rotatable bonds is 3. The maximum Gasteiger partial charge on any atom is 0.0850 e. The van der Waals surface area contributed by atoms with E-state index in [4.69, 9.17) is 4.99 Å². The lowest BCUT2D eigenvalue weighted by molar-refractivity contribution is 0.417. The molecule has 0 bridgehead atoms.